The molecule has 18 heavy (non-hydrogen) atoms. The van der Waals surface area contributed by atoms with Gasteiger partial charge in [0, 0.05) is 6.54 Å². The van der Waals surface area contributed by atoms with Crippen molar-refractivity contribution >= 4 is 11.8 Å². The number of primary amides is 1. The molecule has 1 saturated heterocycles. The maximum atomic E-state index is 12.6. The average Bonchev–Trinajstić information content (AvgIpc) is 2.26. The second-order valence-electron chi connectivity index (χ2n) is 4.19. The number of rotatable bonds is 2. The summed E-state index contributed by atoms with van der Waals surface area (Å²) in [6.07, 6.45) is -4.91. The fourth-order valence-corrected chi connectivity index (χ4v) is 1.50. The molecular weight excluding hydrogens is 255 g/mol. The van der Waals surface area contributed by atoms with Gasteiger partial charge in [-0.25, -0.2) is 0 Å². The lowest BCUT2D eigenvalue weighted by Crippen LogP contribution is -2.67. The van der Waals surface area contributed by atoms with Crippen LogP contribution in [0.3, 0.4) is 0 Å². The van der Waals surface area contributed by atoms with Gasteiger partial charge in [-0.1, -0.05) is 0 Å². The molecule has 2 amide bonds. The molecule has 4 N–H and O–H groups in total. The first kappa shape index (κ1) is 14.7. The monoisotopic (exact) mass is 269 g/mol. The van der Waals surface area contributed by atoms with Crippen molar-refractivity contribution in [1.82, 2.24) is 4.90 Å². The van der Waals surface area contributed by atoms with E-state index in [4.69, 9.17) is 16.2 Å². The predicted octanol–water partition coefficient (Wildman–Crippen LogP) is -1.02. The Hall–Kier alpha value is -1.35. The lowest BCUT2D eigenvalue weighted by molar-refractivity contribution is -0.198. The normalized spacial score (nSPS) is 24.5. The standard InChI is InChI=1S/C9H14F3N3O3/c1-8(14,9(10,11)12)7(17)15-2-3-18-4-5(15)6(13)16/h5H,2-4,14H2,1H3,(H2,13,16). The minimum Gasteiger partial charge on any atom is -0.377 e. The quantitative estimate of drug-likeness (QED) is 0.670. The van der Waals surface area contributed by atoms with Crippen LogP contribution in [-0.4, -0.2) is 54.2 Å². The maximum absolute atomic E-state index is 12.6. The van der Waals surface area contributed by atoms with Crippen LogP contribution in [0.1, 0.15) is 6.92 Å². The highest BCUT2D eigenvalue weighted by molar-refractivity contribution is 5.92. The molecule has 2 atom stereocenters. The van der Waals surface area contributed by atoms with Gasteiger partial charge in [-0.2, -0.15) is 13.2 Å². The van der Waals surface area contributed by atoms with Crippen LogP contribution >= 0.6 is 0 Å². The third-order valence-corrected chi connectivity index (χ3v) is 2.75. The first-order valence-electron chi connectivity index (χ1n) is 5.12. The number of amides is 2. The van der Waals surface area contributed by atoms with E-state index in [-0.39, 0.29) is 19.8 Å². The van der Waals surface area contributed by atoms with Gasteiger partial charge in [0.25, 0.3) is 5.91 Å². The van der Waals surface area contributed by atoms with Crippen molar-refractivity contribution in [3.63, 3.8) is 0 Å². The molecule has 0 aliphatic carbocycles. The van der Waals surface area contributed by atoms with E-state index in [0.29, 0.717) is 6.92 Å². The molecule has 0 aromatic carbocycles. The Morgan fingerprint density at radius 1 is 1.39 bits per heavy atom. The zero-order valence-electron chi connectivity index (χ0n) is 9.66. The Labute approximate surface area is 101 Å². The lowest BCUT2D eigenvalue weighted by atomic mass is 9.99. The van der Waals surface area contributed by atoms with Crippen molar-refractivity contribution in [2.45, 2.75) is 24.7 Å². The number of carbonyl (C=O) groups excluding carboxylic acids is 2. The van der Waals surface area contributed by atoms with E-state index < -0.39 is 29.6 Å². The zero-order chi connectivity index (χ0) is 14.1. The third kappa shape index (κ3) is 2.56. The number of morpholine rings is 1. The highest BCUT2D eigenvalue weighted by atomic mass is 19.4. The number of alkyl halides is 3. The van der Waals surface area contributed by atoms with Gasteiger partial charge in [0.2, 0.25) is 5.91 Å². The first-order valence-corrected chi connectivity index (χ1v) is 5.12. The second kappa shape index (κ2) is 4.73. The van der Waals surface area contributed by atoms with E-state index in [0.717, 1.165) is 4.90 Å². The summed E-state index contributed by atoms with van der Waals surface area (Å²) in [5.41, 5.74) is 6.98. The molecule has 0 aromatic rings. The number of nitrogens with zero attached hydrogens (tertiary/aromatic N) is 1. The first-order chi connectivity index (χ1) is 8.09. The van der Waals surface area contributed by atoms with Crippen LogP contribution in [0.5, 0.6) is 0 Å². The zero-order valence-corrected chi connectivity index (χ0v) is 9.66. The van der Waals surface area contributed by atoms with Gasteiger partial charge in [0.15, 0.2) is 5.54 Å². The smallest absolute Gasteiger partial charge is 0.377 e. The number of halogens is 3. The fourth-order valence-electron chi connectivity index (χ4n) is 1.50. The molecule has 0 bridgehead atoms. The van der Waals surface area contributed by atoms with Crippen molar-refractivity contribution in [3.05, 3.63) is 0 Å². The van der Waals surface area contributed by atoms with E-state index in [9.17, 15) is 22.8 Å². The number of nitrogens with two attached hydrogens (primary N) is 2. The average molecular weight is 269 g/mol. The van der Waals surface area contributed by atoms with Crippen LogP contribution in [0.25, 0.3) is 0 Å². The van der Waals surface area contributed by atoms with Crippen LogP contribution in [0, 0.1) is 0 Å². The van der Waals surface area contributed by atoms with E-state index in [2.05, 4.69) is 0 Å². The van der Waals surface area contributed by atoms with E-state index in [1.54, 1.807) is 0 Å². The predicted molar refractivity (Wildman–Crippen MR) is 54.2 cm³/mol. The minimum atomic E-state index is -4.91. The van der Waals surface area contributed by atoms with Crippen LogP contribution < -0.4 is 11.5 Å². The maximum Gasteiger partial charge on any atom is 0.415 e. The van der Waals surface area contributed by atoms with Gasteiger partial charge in [0.1, 0.15) is 6.04 Å². The topological polar surface area (TPSA) is 98.7 Å². The van der Waals surface area contributed by atoms with Crippen molar-refractivity contribution in [2.24, 2.45) is 11.5 Å². The van der Waals surface area contributed by atoms with E-state index >= 15 is 0 Å². The van der Waals surface area contributed by atoms with Crippen molar-refractivity contribution < 1.29 is 27.5 Å². The Morgan fingerprint density at radius 2 is 1.94 bits per heavy atom. The molecule has 104 valence electrons. The molecule has 2 unspecified atom stereocenters. The molecule has 1 fully saturated rings. The van der Waals surface area contributed by atoms with E-state index in [1.165, 1.54) is 0 Å². The molecule has 0 saturated carbocycles. The molecule has 0 aromatic heterocycles. The summed E-state index contributed by atoms with van der Waals surface area (Å²) in [6, 6.07) is -1.23. The highest BCUT2D eigenvalue weighted by Gasteiger charge is 2.56. The second-order valence-corrected chi connectivity index (χ2v) is 4.19. The number of hydrogen-bond donors (Lipinski definition) is 2. The molecule has 1 aliphatic heterocycles. The Morgan fingerprint density at radius 3 is 2.39 bits per heavy atom. The van der Waals surface area contributed by atoms with Crippen LogP contribution in [0.4, 0.5) is 13.2 Å². The Balaban J connectivity index is 2.97. The largest absolute Gasteiger partial charge is 0.415 e. The SMILES string of the molecule is CC(N)(C(=O)N1CCOCC1C(N)=O)C(F)(F)F. The summed E-state index contributed by atoms with van der Waals surface area (Å²) in [5, 5.41) is 0. The molecule has 9 heteroatoms. The summed E-state index contributed by atoms with van der Waals surface area (Å²) in [7, 11) is 0. The molecule has 1 rings (SSSR count). The van der Waals surface area contributed by atoms with Gasteiger partial charge >= 0.3 is 6.18 Å². The number of ether oxygens (including phenoxy) is 1. The van der Waals surface area contributed by atoms with Crippen LogP contribution in [0.2, 0.25) is 0 Å². The Kier molecular flexibility index (Phi) is 3.86. The van der Waals surface area contributed by atoms with Crippen LogP contribution in [-0.2, 0) is 14.3 Å². The molecule has 0 radical (unpaired) electrons. The van der Waals surface area contributed by atoms with Crippen molar-refractivity contribution in [2.75, 3.05) is 19.8 Å². The van der Waals surface area contributed by atoms with Gasteiger partial charge in [0.05, 0.1) is 13.2 Å². The Bertz CT molecular complexity index is 357. The summed E-state index contributed by atoms with van der Waals surface area (Å²) in [4.78, 5) is 23.6. The number of carbonyl (C=O) groups is 2. The van der Waals surface area contributed by atoms with Gasteiger partial charge < -0.3 is 21.1 Å². The number of hydrogen-bond acceptors (Lipinski definition) is 4. The summed E-state index contributed by atoms with van der Waals surface area (Å²) in [6.45, 7) is 0.205. The summed E-state index contributed by atoms with van der Waals surface area (Å²) in [5.74, 6) is -2.32. The van der Waals surface area contributed by atoms with Gasteiger partial charge in [-0.05, 0) is 6.92 Å². The molecule has 0 spiro atoms. The van der Waals surface area contributed by atoms with Gasteiger partial charge in [-0.15, -0.1) is 0 Å². The van der Waals surface area contributed by atoms with Crippen molar-refractivity contribution in [1.29, 1.82) is 0 Å². The highest BCUT2D eigenvalue weighted by Crippen LogP contribution is 2.30. The molecule has 6 nitrogen and oxygen atoms in total. The molecular formula is C9H14F3N3O3. The van der Waals surface area contributed by atoms with Crippen molar-refractivity contribution in [3.8, 4) is 0 Å². The third-order valence-electron chi connectivity index (χ3n) is 2.75. The van der Waals surface area contributed by atoms with E-state index in [1.807, 2.05) is 0 Å². The molecule has 1 heterocycles. The fraction of sp³-hybridized carbons (Fsp3) is 0.778. The van der Waals surface area contributed by atoms with Crippen LogP contribution in [0.15, 0.2) is 0 Å². The molecule has 1 aliphatic rings. The lowest BCUT2D eigenvalue weighted by Gasteiger charge is -2.38. The van der Waals surface area contributed by atoms with Gasteiger partial charge in [-0.3, -0.25) is 9.59 Å². The minimum absolute atomic E-state index is 0.0312. The summed E-state index contributed by atoms with van der Waals surface area (Å²) < 4.78 is 42.8. The summed E-state index contributed by atoms with van der Waals surface area (Å²) >= 11 is 0.